The van der Waals surface area contributed by atoms with Crippen LogP contribution < -0.4 is 4.90 Å². The van der Waals surface area contributed by atoms with Gasteiger partial charge in [0.15, 0.2) is 0 Å². The molecule has 2 amide bonds. The molecule has 4 rings (SSSR count). The molecular weight excluding hydrogens is 421 g/mol. The van der Waals surface area contributed by atoms with E-state index >= 15 is 0 Å². The number of carbonyl (C=O) groups excluding carboxylic acids is 2. The van der Waals surface area contributed by atoms with Crippen LogP contribution >= 0.6 is 23.2 Å². The number of aryl methyl sites for hydroxylation is 2. The van der Waals surface area contributed by atoms with E-state index in [1.807, 2.05) is 36.9 Å². The van der Waals surface area contributed by atoms with E-state index in [-0.39, 0.29) is 11.8 Å². The van der Waals surface area contributed by atoms with Gasteiger partial charge in [-0.15, -0.1) is 0 Å². The van der Waals surface area contributed by atoms with Crippen LogP contribution in [0.15, 0.2) is 42.1 Å². The van der Waals surface area contributed by atoms with Gasteiger partial charge in [-0.25, -0.2) is 4.90 Å². The van der Waals surface area contributed by atoms with Crippen molar-refractivity contribution >= 4 is 46.3 Å². The minimum Gasteiger partial charge on any atom is -0.364 e. The van der Waals surface area contributed by atoms with E-state index in [0.717, 1.165) is 29.8 Å². The van der Waals surface area contributed by atoms with Crippen LogP contribution in [0.25, 0.3) is 5.57 Å². The van der Waals surface area contributed by atoms with Gasteiger partial charge in [0, 0.05) is 36.2 Å². The SMILES string of the molecule is Cc1ccc(C2=C(N3CCN(C)CC3)C(=O)N(c3cc(Cl)cc(Cl)c3)C2=O)cc1C. The highest BCUT2D eigenvalue weighted by molar-refractivity contribution is 6.46. The summed E-state index contributed by atoms with van der Waals surface area (Å²) in [5.74, 6) is -0.688. The number of anilines is 1. The van der Waals surface area contributed by atoms with Crippen LogP contribution in [0.5, 0.6) is 0 Å². The Bertz CT molecular complexity index is 1050. The molecule has 30 heavy (non-hydrogen) atoms. The van der Waals surface area contributed by atoms with Crippen molar-refractivity contribution in [1.29, 1.82) is 0 Å². The van der Waals surface area contributed by atoms with Gasteiger partial charge in [0.2, 0.25) is 0 Å². The van der Waals surface area contributed by atoms with Gasteiger partial charge in [-0.05, 0) is 55.8 Å². The van der Waals surface area contributed by atoms with Crippen LogP contribution in [0.2, 0.25) is 10.0 Å². The smallest absolute Gasteiger partial charge is 0.282 e. The predicted octanol–water partition coefficient (Wildman–Crippen LogP) is 4.14. The summed E-state index contributed by atoms with van der Waals surface area (Å²) in [6, 6.07) is 10.6. The van der Waals surface area contributed by atoms with E-state index < -0.39 is 0 Å². The van der Waals surface area contributed by atoms with E-state index in [0.29, 0.717) is 40.1 Å². The number of hydrogen-bond acceptors (Lipinski definition) is 4. The van der Waals surface area contributed by atoms with Crippen LogP contribution in [-0.4, -0.2) is 54.8 Å². The van der Waals surface area contributed by atoms with Crippen molar-refractivity contribution in [3.63, 3.8) is 0 Å². The average Bonchev–Trinajstić information content (AvgIpc) is 2.94. The number of hydrogen-bond donors (Lipinski definition) is 0. The standard InChI is InChI=1S/C23H23Cl2N3O2/c1-14-4-5-16(10-15(14)2)20-21(27-8-6-26(3)7-9-27)23(30)28(22(20)29)19-12-17(24)11-18(25)13-19/h4-5,10-13H,6-9H2,1-3H3. The van der Waals surface area contributed by atoms with Gasteiger partial charge >= 0.3 is 0 Å². The average molecular weight is 444 g/mol. The highest BCUT2D eigenvalue weighted by Gasteiger charge is 2.43. The van der Waals surface area contributed by atoms with Crippen molar-refractivity contribution in [2.75, 3.05) is 38.1 Å². The third kappa shape index (κ3) is 3.73. The van der Waals surface area contributed by atoms with Crippen LogP contribution in [0.3, 0.4) is 0 Å². The molecule has 0 bridgehead atoms. The van der Waals surface area contributed by atoms with Crippen molar-refractivity contribution in [1.82, 2.24) is 9.80 Å². The third-order valence-corrected chi connectivity index (χ3v) is 6.22. The van der Waals surface area contributed by atoms with Crippen LogP contribution in [0.4, 0.5) is 5.69 Å². The summed E-state index contributed by atoms with van der Waals surface area (Å²) in [7, 11) is 2.05. The maximum atomic E-state index is 13.6. The van der Waals surface area contributed by atoms with Crippen molar-refractivity contribution < 1.29 is 9.59 Å². The molecule has 2 aromatic rings. The van der Waals surface area contributed by atoms with Gasteiger partial charge in [-0.3, -0.25) is 9.59 Å². The van der Waals surface area contributed by atoms with E-state index in [9.17, 15) is 9.59 Å². The van der Waals surface area contributed by atoms with Gasteiger partial charge in [0.1, 0.15) is 5.70 Å². The molecule has 2 aliphatic heterocycles. The Morgan fingerprint density at radius 1 is 0.800 bits per heavy atom. The highest BCUT2D eigenvalue weighted by Crippen LogP contribution is 2.37. The first-order valence-corrected chi connectivity index (χ1v) is 10.6. The Morgan fingerprint density at radius 2 is 1.43 bits per heavy atom. The molecule has 0 N–H and O–H groups in total. The Balaban J connectivity index is 1.84. The van der Waals surface area contributed by atoms with Gasteiger partial charge in [-0.1, -0.05) is 41.4 Å². The molecule has 2 aliphatic rings. The molecule has 0 spiro atoms. The summed E-state index contributed by atoms with van der Waals surface area (Å²) in [6.45, 7) is 7.05. The number of piperazine rings is 1. The van der Waals surface area contributed by atoms with Crippen molar-refractivity contribution in [2.45, 2.75) is 13.8 Å². The lowest BCUT2D eigenvalue weighted by Gasteiger charge is -2.34. The Kier molecular flexibility index (Phi) is 5.62. The minimum absolute atomic E-state index is 0.337. The molecular formula is C23H23Cl2N3O2. The number of rotatable bonds is 3. The fraction of sp³-hybridized carbons (Fsp3) is 0.304. The summed E-state index contributed by atoms with van der Waals surface area (Å²) in [5, 5.41) is 0.748. The lowest BCUT2D eigenvalue weighted by atomic mass is 9.99. The number of imide groups is 1. The molecule has 0 aliphatic carbocycles. The number of carbonyl (C=O) groups is 2. The molecule has 1 saturated heterocycles. The van der Waals surface area contributed by atoms with Gasteiger partial charge in [-0.2, -0.15) is 0 Å². The zero-order chi connectivity index (χ0) is 21.6. The van der Waals surface area contributed by atoms with E-state index in [1.54, 1.807) is 18.2 Å². The van der Waals surface area contributed by atoms with Crippen molar-refractivity contribution in [2.24, 2.45) is 0 Å². The van der Waals surface area contributed by atoms with E-state index in [2.05, 4.69) is 11.9 Å². The number of amides is 2. The molecule has 2 heterocycles. The van der Waals surface area contributed by atoms with Crippen molar-refractivity contribution in [3.8, 4) is 0 Å². The summed E-state index contributed by atoms with van der Waals surface area (Å²) in [5.41, 5.74) is 4.23. The van der Waals surface area contributed by atoms with Crippen molar-refractivity contribution in [3.05, 3.63) is 68.8 Å². The molecule has 0 radical (unpaired) electrons. The summed E-state index contributed by atoms with van der Waals surface area (Å²) in [6.07, 6.45) is 0. The van der Waals surface area contributed by atoms with Gasteiger partial charge in [0.25, 0.3) is 11.8 Å². The lowest BCUT2D eigenvalue weighted by molar-refractivity contribution is -0.120. The fourth-order valence-electron chi connectivity index (χ4n) is 3.90. The summed E-state index contributed by atoms with van der Waals surface area (Å²) >= 11 is 12.3. The topological polar surface area (TPSA) is 43.9 Å². The maximum Gasteiger partial charge on any atom is 0.282 e. The monoisotopic (exact) mass is 443 g/mol. The normalized spacial score (nSPS) is 18.0. The van der Waals surface area contributed by atoms with Crippen LogP contribution in [0.1, 0.15) is 16.7 Å². The summed E-state index contributed by atoms with van der Waals surface area (Å²) in [4.78, 5) is 32.6. The Labute approximate surface area is 186 Å². The first kappa shape index (κ1) is 20.9. The highest BCUT2D eigenvalue weighted by atomic mass is 35.5. The number of halogens is 2. The Hall–Kier alpha value is -2.34. The molecule has 7 heteroatoms. The molecule has 0 aromatic heterocycles. The number of likely N-dealkylation sites (N-methyl/N-ethyl adjacent to an activating group) is 1. The Morgan fingerprint density at radius 3 is 2.03 bits per heavy atom. The predicted molar refractivity (Wildman–Crippen MR) is 121 cm³/mol. The molecule has 0 unspecified atom stereocenters. The fourth-order valence-corrected chi connectivity index (χ4v) is 4.42. The van der Waals surface area contributed by atoms with E-state index in [1.165, 1.54) is 4.90 Å². The quantitative estimate of drug-likeness (QED) is 0.668. The molecule has 0 atom stereocenters. The molecule has 0 saturated carbocycles. The third-order valence-electron chi connectivity index (χ3n) is 5.78. The van der Waals surface area contributed by atoms with E-state index in [4.69, 9.17) is 23.2 Å². The molecule has 156 valence electrons. The second kappa shape index (κ2) is 8.06. The first-order chi connectivity index (χ1) is 14.3. The second-order valence-corrected chi connectivity index (χ2v) is 8.76. The number of nitrogens with zero attached hydrogens (tertiary/aromatic N) is 3. The summed E-state index contributed by atoms with van der Waals surface area (Å²) < 4.78 is 0. The largest absolute Gasteiger partial charge is 0.364 e. The zero-order valence-corrected chi connectivity index (χ0v) is 18.7. The first-order valence-electron chi connectivity index (χ1n) is 9.86. The molecule has 5 nitrogen and oxygen atoms in total. The van der Waals surface area contributed by atoms with Gasteiger partial charge < -0.3 is 9.80 Å². The maximum absolute atomic E-state index is 13.6. The second-order valence-electron chi connectivity index (χ2n) is 7.89. The molecule has 1 fully saturated rings. The van der Waals surface area contributed by atoms with Gasteiger partial charge in [0.05, 0.1) is 11.3 Å². The zero-order valence-electron chi connectivity index (χ0n) is 17.2. The van der Waals surface area contributed by atoms with Crippen LogP contribution in [-0.2, 0) is 9.59 Å². The molecule has 2 aromatic carbocycles. The van der Waals surface area contributed by atoms with Crippen LogP contribution in [0, 0.1) is 13.8 Å². The minimum atomic E-state index is -0.351. The number of benzene rings is 2. The lowest BCUT2D eigenvalue weighted by Crippen LogP contribution is -2.46.